The third-order valence-corrected chi connectivity index (χ3v) is 2.85. The van der Waals surface area contributed by atoms with Crippen molar-refractivity contribution in [3.63, 3.8) is 0 Å². The quantitative estimate of drug-likeness (QED) is 0.881. The van der Waals surface area contributed by atoms with Gasteiger partial charge in [-0.25, -0.2) is 9.59 Å². The van der Waals surface area contributed by atoms with Crippen LogP contribution in [0.15, 0.2) is 28.8 Å². The van der Waals surface area contributed by atoms with Gasteiger partial charge in [-0.3, -0.25) is 5.32 Å². The van der Waals surface area contributed by atoms with E-state index in [-0.39, 0.29) is 5.76 Å². The molecule has 2 rings (SSSR count). The number of hydrogen-bond donors (Lipinski definition) is 2. The van der Waals surface area contributed by atoms with Gasteiger partial charge in [0.1, 0.15) is 17.0 Å². The van der Waals surface area contributed by atoms with Crippen molar-refractivity contribution in [1.29, 1.82) is 0 Å². The molecule has 0 radical (unpaired) electrons. The zero-order valence-electron chi connectivity index (χ0n) is 13.7. The SMILES string of the molecule is COc1cc(-c2cc(C(=O)O)on2)ccc1NC(=O)OC(C)(C)C. The number of methoxy groups -OCH3 is 1. The Hall–Kier alpha value is -3.03. The Bertz CT molecular complexity index is 760. The number of aromatic carboxylic acids is 1. The second-order valence-corrected chi connectivity index (χ2v) is 5.92. The maximum absolute atomic E-state index is 11.8. The molecule has 128 valence electrons. The van der Waals surface area contributed by atoms with Gasteiger partial charge >= 0.3 is 12.1 Å². The number of carbonyl (C=O) groups excluding carboxylic acids is 1. The molecular formula is C16H18N2O6. The highest BCUT2D eigenvalue weighted by molar-refractivity contribution is 5.88. The average Bonchev–Trinajstić information content (AvgIpc) is 2.95. The summed E-state index contributed by atoms with van der Waals surface area (Å²) in [5.41, 5.74) is 0.718. The van der Waals surface area contributed by atoms with Gasteiger partial charge in [0.2, 0.25) is 5.76 Å². The van der Waals surface area contributed by atoms with E-state index < -0.39 is 17.7 Å². The van der Waals surface area contributed by atoms with Crippen LogP contribution in [0.25, 0.3) is 11.3 Å². The summed E-state index contributed by atoms with van der Waals surface area (Å²) in [6, 6.07) is 6.17. The molecule has 24 heavy (non-hydrogen) atoms. The van der Waals surface area contributed by atoms with Gasteiger partial charge in [-0.2, -0.15) is 0 Å². The van der Waals surface area contributed by atoms with Gasteiger partial charge < -0.3 is 19.1 Å². The topological polar surface area (TPSA) is 111 Å². The lowest BCUT2D eigenvalue weighted by molar-refractivity contribution is 0.0630. The molecule has 0 bridgehead atoms. The first-order valence-electron chi connectivity index (χ1n) is 7.08. The van der Waals surface area contributed by atoms with Gasteiger partial charge in [0, 0.05) is 11.6 Å². The first kappa shape index (κ1) is 17.3. The third-order valence-electron chi connectivity index (χ3n) is 2.85. The minimum absolute atomic E-state index is 0.264. The number of carboxylic acids is 1. The molecule has 0 aliphatic carbocycles. The number of rotatable bonds is 4. The lowest BCUT2D eigenvalue weighted by Crippen LogP contribution is -2.27. The van der Waals surface area contributed by atoms with Gasteiger partial charge in [-0.05, 0) is 32.9 Å². The molecule has 0 aliphatic heterocycles. The number of amides is 1. The lowest BCUT2D eigenvalue weighted by atomic mass is 10.1. The first-order chi connectivity index (χ1) is 11.2. The monoisotopic (exact) mass is 334 g/mol. The van der Waals surface area contributed by atoms with Crippen molar-refractivity contribution < 1.29 is 28.7 Å². The van der Waals surface area contributed by atoms with Crippen LogP contribution in [0.3, 0.4) is 0 Å². The Balaban J connectivity index is 2.23. The van der Waals surface area contributed by atoms with Crippen molar-refractivity contribution in [3.05, 3.63) is 30.0 Å². The van der Waals surface area contributed by atoms with E-state index >= 15 is 0 Å². The fraction of sp³-hybridized carbons (Fsp3) is 0.312. The van der Waals surface area contributed by atoms with Crippen LogP contribution in [-0.2, 0) is 4.74 Å². The highest BCUT2D eigenvalue weighted by Crippen LogP contribution is 2.31. The summed E-state index contributed by atoms with van der Waals surface area (Å²) in [6.07, 6.45) is -0.608. The number of aromatic nitrogens is 1. The fourth-order valence-electron chi connectivity index (χ4n) is 1.88. The van der Waals surface area contributed by atoms with Crippen LogP contribution in [0, 0.1) is 0 Å². The number of carbonyl (C=O) groups is 2. The van der Waals surface area contributed by atoms with E-state index in [9.17, 15) is 9.59 Å². The molecule has 0 unspecified atom stereocenters. The highest BCUT2D eigenvalue weighted by atomic mass is 16.6. The third kappa shape index (κ3) is 4.25. The second kappa shape index (κ2) is 6.61. The van der Waals surface area contributed by atoms with Crippen LogP contribution in [0.5, 0.6) is 5.75 Å². The van der Waals surface area contributed by atoms with Crippen molar-refractivity contribution in [3.8, 4) is 17.0 Å². The minimum atomic E-state index is -1.20. The number of hydrogen-bond acceptors (Lipinski definition) is 6. The van der Waals surface area contributed by atoms with E-state index in [4.69, 9.17) is 19.1 Å². The number of carboxylic acid groups (broad SMARTS) is 1. The lowest BCUT2D eigenvalue weighted by Gasteiger charge is -2.20. The normalized spacial score (nSPS) is 11.0. The maximum atomic E-state index is 11.8. The van der Waals surface area contributed by atoms with E-state index in [0.717, 1.165) is 0 Å². The van der Waals surface area contributed by atoms with Crippen molar-refractivity contribution in [2.24, 2.45) is 0 Å². The Kier molecular flexibility index (Phi) is 4.77. The van der Waals surface area contributed by atoms with Gasteiger partial charge in [0.25, 0.3) is 0 Å². The highest BCUT2D eigenvalue weighted by Gasteiger charge is 2.18. The summed E-state index contributed by atoms with van der Waals surface area (Å²) in [5, 5.41) is 15.2. The molecule has 1 aromatic carbocycles. The predicted molar refractivity (Wildman–Crippen MR) is 85.3 cm³/mol. The zero-order valence-corrected chi connectivity index (χ0v) is 13.7. The summed E-state index contributed by atoms with van der Waals surface area (Å²) >= 11 is 0. The molecule has 0 saturated carbocycles. The van der Waals surface area contributed by atoms with Gasteiger partial charge in [-0.15, -0.1) is 0 Å². The molecule has 1 heterocycles. The van der Waals surface area contributed by atoms with Crippen molar-refractivity contribution in [2.45, 2.75) is 26.4 Å². The molecule has 8 nitrogen and oxygen atoms in total. The van der Waals surface area contributed by atoms with Crippen LogP contribution < -0.4 is 10.1 Å². The van der Waals surface area contributed by atoms with Gasteiger partial charge in [0.15, 0.2) is 0 Å². The Labute approximate surface area is 138 Å². The van der Waals surface area contributed by atoms with Crippen LogP contribution in [0.4, 0.5) is 10.5 Å². The Morgan fingerprint density at radius 3 is 2.50 bits per heavy atom. The molecule has 8 heteroatoms. The average molecular weight is 334 g/mol. The number of ether oxygens (including phenoxy) is 2. The summed E-state index contributed by atoms with van der Waals surface area (Å²) < 4.78 is 15.2. The van der Waals surface area contributed by atoms with E-state index in [1.54, 1.807) is 39.0 Å². The summed E-state index contributed by atoms with van der Waals surface area (Å²) in [5.74, 6) is -1.10. The fourth-order valence-corrected chi connectivity index (χ4v) is 1.88. The number of anilines is 1. The molecule has 0 aliphatic rings. The molecule has 0 atom stereocenters. The predicted octanol–water partition coefficient (Wildman–Crippen LogP) is 3.40. The zero-order chi connectivity index (χ0) is 17.9. The van der Waals surface area contributed by atoms with Crippen LogP contribution in [0.1, 0.15) is 31.3 Å². The number of nitrogens with one attached hydrogen (secondary N) is 1. The standard InChI is InChI=1S/C16H18N2O6/c1-16(2,3)23-15(21)17-10-6-5-9(7-12(10)22-4)11-8-13(14(19)20)24-18-11/h5-8H,1-4H3,(H,17,21)(H,19,20). The number of nitrogens with zero attached hydrogens (tertiary/aromatic N) is 1. The van der Waals surface area contributed by atoms with Crippen molar-refractivity contribution >= 4 is 17.7 Å². The second-order valence-electron chi connectivity index (χ2n) is 5.92. The van der Waals surface area contributed by atoms with Gasteiger partial charge in [-0.1, -0.05) is 11.2 Å². The largest absolute Gasteiger partial charge is 0.495 e. The molecule has 2 aromatic rings. The summed E-state index contributed by atoms with van der Waals surface area (Å²) in [7, 11) is 1.45. The molecule has 0 spiro atoms. The van der Waals surface area contributed by atoms with E-state index in [1.807, 2.05) is 0 Å². The van der Waals surface area contributed by atoms with Crippen molar-refractivity contribution in [1.82, 2.24) is 5.16 Å². The molecule has 1 aromatic heterocycles. The van der Waals surface area contributed by atoms with Gasteiger partial charge in [0.05, 0.1) is 12.8 Å². The maximum Gasteiger partial charge on any atom is 0.412 e. The summed E-state index contributed by atoms with van der Waals surface area (Å²) in [4.78, 5) is 22.7. The van der Waals surface area contributed by atoms with Crippen LogP contribution in [0.2, 0.25) is 0 Å². The molecule has 2 N–H and O–H groups in total. The Morgan fingerprint density at radius 2 is 1.96 bits per heavy atom. The number of benzene rings is 1. The van der Waals surface area contributed by atoms with Crippen molar-refractivity contribution in [2.75, 3.05) is 12.4 Å². The molecule has 1 amide bonds. The Morgan fingerprint density at radius 1 is 1.25 bits per heavy atom. The first-order valence-corrected chi connectivity index (χ1v) is 7.08. The minimum Gasteiger partial charge on any atom is -0.495 e. The molecule has 0 fully saturated rings. The van der Waals surface area contributed by atoms with E-state index in [0.29, 0.717) is 22.7 Å². The molecular weight excluding hydrogens is 316 g/mol. The van der Waals surface area contributed by atoms with E-state index in [2.05, 4.69) is 10.5 Å². The smallest absolute Gasteiger partial charge is 0.412 e. The summed E-state index contributed by atoms with van der Waals surface area (Å²) in [6.45, 7) is 5.28. The van der Waals surface area contributed by atoms with E-state index in [1.165, 1.54) is 13.2 Å². The van der Waals surface area contributed by atoms with Crippen LogP contribution in [-0.4, -0.2) is 35.0 Å². The molecule has 0 saturated heterocycles. The van der Waals surface area contributed by atoms with Crippen LogP contribution >= 0.6 is 0 Å².